The lowest BCUT2D eigenvalue weighted by Gasteiger charge is -2.31. The minimum Gasteiger partial charge on any atom is -0.376 e. The van der Waals surface area contributed by atoms with Gasteiger partial charge in [0.1, 0.15) is 0 Å². The second-order valence-corrected chi connectivity index (χ2v) is 7.97. The van der Waals surface area contributed by atoms with Crippen LogP contribution in [0.2, 0.25) is 0 Å². The van der Waals surface area contributed by atoms with Crippen molar-refractivity contribution < 1.29 is 9.59 Å². The number of rotatable bonds is 4. The molecule has 0 radical (unpaired) electrons. The number of benzene rings is 1. The van der Waals surface area contributed by atoms with Crippen LogP contribution < -0.4 is 5.32 Å². The highest BCUT2D eigenvalue weighted by Crippen LogP contribution is 2.20. The molecular formula is C21H31N3O2. The van der Waals surface area contributed by atoms with Gasteiger partial charge in [-0.1, -0.05) is 19.9 Å². The Kier molecular flexibility index (Phi) is 6.17. The van der Waals surface area contributed by atoms with Gasteiger partial charge in [-0.3, -0.25) is 9.59 Å². The monoisotopic (exact) mass is 357 g/mol. The molecular weight excluding hydrogens is 326 g/mol. The van der Waals surface area contributed by atoms with E-state index in [1.807, 2.05) is 34.1 Å². The van der Waals surface area contributed by atoms with E-state index >= 15 is 0 Å². The Morgan fingerprint density at radius 1 is 0.962 bits per heavy atom. The second-order valence-electron chi connectivity index (χ2n) is 7.97. The van der Waals surface area contributed by atoms with E-state index < -0.39 is 0 Å². The molecule has 2 saturated heterocycles. The number of nitrogens with one attached hydrogen (secondary N) is 1. The minimum atomic E-state index is 0.0943. The van der Waals surface area contributed by atoms with Crippen molar-refractivity contribution in [2.75, 3.05) is 38.0 Å². The molecule has 0 atom stereocenters. The number of carbonyl (C=O) groups is 2. The number of nitrogens with zero attached hydrogens (tertiary/aromatic N) is 2. The van der Waals surface area contributed by atoms with Crippen molar-refractivity contribution in [1.29, 1.82) is 0 Å². The second kappa shape index (κ2) is 8.56. The highest BCUT2D eigenvalue weighted by atomic mass is 16.2. The third kappa shape index (κ3) is 4.77. The fourth-order valence-electron chi connectivity index (χ4n) is 3.70. The molecule has 0 unspecified atom stereocenters. The van der Waals surface area contributed by atoms with Gasteiger partial charge in [-0.15, -0.1) is 0 Å². The van der Waals surface area contributed by atoms with E-state index in [1.165, 1.54) is 0 Å². The maximum Gasteiger partial charge on any atom is 0.253 e. The Balaban J connectivity index is 1.54. The van der Waals surface area contributed by atoms with Gasteiger partial charge in [0, 0.05) is 37.4 Å². The molecule has 2 aliphatic heterocycles. The Labute approximate surface area is 156 Å². The predicted molar refractivity (Wildman–Crippen MR) is 104 cm³/mol. The molecule has 0 spiro atoms. The standard InChI is InChI=1S/C21H31N3O2/c1-16-6-10-23(11-7-16)20(25)15-22-19-5-3-4-18(14-19)21(26)24-12-8-17(2)9-13-24/h3-5,14,16-17,22H,6-13,15H2,1-2H3. The Morgan fingerprint density at radius 2 is 1.54 bits per heavy atom. The van der Waals surface area contributed by atoms with Crippen LogP contribution in [0.5, 0.6) is 0 Å². The molecule has 0 aromatic heterocycles. The van der Waals surface area contributed by atoms with Crippen molar-refractivity contribution in [3.8, 4) is 0 Å². The predicted octanol–water partition coefficient (Wildman–Crippen LogP) is 3.23. The van der Waals surface area contributed by atoms with E-state index in [-0.39, 0.29) is 18.4 Å². The maximum atomic E-state index is 12.7. The highest BCUT2D eigenvalue weighted by Gasteiger charge is 2.22. The summed E-state index contributed by atoms with van der Waals surface area (Å²) in [6, 6.07) is 7.53. The van der Waals surface area contributed by atoms with Crippen LogP contribution in [0.4, 0.5) is 5.69 Å². The van der Waals surface area contributed by atoms with Crippen molar-refractivity contribution in [3.05, 3.63) is 29.8 Å². The van der Waals surface area contributed by atoms with Gasteiger partial charge < -0.3 is 15.1 Å². The number of hydrogen-bond donors (Lipinski definition) is 1. The molecule has 0 bridgehead atoms. The zero-order valence-corrected chi connectivity index (χ0v) is 16.0. The molecule has 26 heavy (non-hydrogen) atoms. The summed E-state index contributed by atoms with van der Waals surface area (Å²) in [4.78, 5) is 28.9. The Bertz CT molecular complexity index is 630. The molecule has 1 aromatic carbocycles. The van der Waals surface area contributed by atoms with Crippen LogP contribution in [0.3, 0.4) is 0 Å². The SMILES string of the molecule is CC1CCN(C(=O)CNc2cccc(C(=O)N3CCC(C)CC3)c2)CC1. The molecule has 2 amide bonds. The summed E-state index contributed by atoms with van der Waals surface area (Å²) in [5, 5.41) is 3.20. The smallest absolute Gasteiger partial charge is 0.253 e. The average molecular weight is 357 g/mol. The van der Waals surface area contributed by atoms with Gasteiger partial charge in [0.15, 0.2) is 0 Å². The van der Waals surface area contributed by atoms with Crippen molar-refractivity contribution in [2.45, 2.75) is 39.5 Å². The first-order valence-electron chi connectivity index (χ1n) is 9.94. The molecule has 142 valence electrons. The summed E-state index contributed by atoms with van der Waals surface area (Å²) in [7, 11) is 0. The molecule has 5 heteroatoms. The molecule has 1 N–H and O–H groups in total. The van der Waals surface area contributed by atoms with Crippen LogP contribution in [-0.2, 0) is 4.79 Å². The van der Waals surface area contributed by atoms with Gasteiger partial charge in [-0.05, 0) is 55.7 Å². The zero-order valence-electron chi connectivity index (χ0n) is 16.0. The first-order valence-corrected chi connectivity index (χ1v) is 9.94. The fourth-order valence-corrected chi connectivity index (χ4v) is 3.70. The van der Waals surface area contributed by atoms with Crippen LogP contribution in [0.1, 0.15) is 49.9 Å². The minimum absolute atomic E-state index is 0.0943. The molecule has 2 heterocycles. The van der Waals surface area contributed by atoms with Crippen molar-refractivity contribution >= 4 is 17.5 Å². The summed E-state index contributed by atoms with van der Waals surface area (Å²) < 4.78 is 0. The van der Waals surface area contributed by atoms with Gasteiger partial charge in [0.25, 0.3) is 5.91 Å². The van der Waals surface area contributed by atoms with Crippen LogP contribution in [0, 0.1) is 11.8 Å². The summed E-state index contributed by atoms with van der Waals surface area (Å²) in [6.45, 7) is 8.15. The summed E-state index contributed by atoms with van der Waals surface area (Å²) in [5.41, 5.74) is 1.53. The van der Waals surface area contributed by atoms with Crippen LogP contribution in [0.15, 0.2) is 24.3 Å². The largest absolute Gasteiger partial charge is 0.376 e. The molecule has 0 aliphatic carbocycles. The van der Waals surface area contributed by atoms with Crippen molar-refractivity contribution in [1.82, 2.24) is 9.80 Å². The molecule has 3 rings (SSSR count). The summed E-state index contributed by atoms with van der Waals surface area (Å²) >= 11 is 0. The third-order valence-electron chi connectivity index (χ3n) is 5.76. The van der Waals surface area contributed by atoms with Crippen LogP contribution in [-0.4, -0.2) is 54.3 Å². The summed E-state index contributed by atoms with van der Waals surface area (Å²) in [5.74, 6) is 1.65. The number of carbonyl (C=O) groups excluding carboxylic acids is 2. The van der Waals surface area contributed by atoms with E-state index in [2.05, 4.69) is 19.2 Å². The van der Waals surface area contributed by atoms with Crippen LogP contribution in [0.25, 0.3) is 0 Å². The molecule has 2 fully saturated rings. The number of anilines is 1. The van der Waals surface area contributed by atoms with E-state index in [1.54, 1.807) is 0 Å². The third-order valence-corrected chi connectivity index (χ3v) is 5.76. The first-order chi connectivity index (χ1) is 12.5. The summed E-state index contributed by atoms with van der Waals surface area (Å²) in [6.07, 6.45) is 4.33. The van der Waals surface area contributed by atoms with Gasteiger partial charge in [-0.2, -0.15) is 0 Å². The molecule has 5 nitrogen and oxygen atoms in total. The molecule has 2 aliphatic rings. The van der Waals surface area contributed by atoms with Crippen molar-refractivity contribution in [3.63, 3.8) is 0 Å². The lowest BCUT2D eigenvalue weighted by atomic mass is 9.98. The van der Waals surface area contributed by atoms with Gasteiger partial charge >= 0.3 is 0 Å². The van der Waals surface area contributed by atoms with E-state index in [0.29, 0.717) is 17.4 Å². The van der Waals surface area contributed by atoms with Gasteiger partial charge in [-0.25, -0.2) is 0 Å². The average Bonchev–Trinajstić information content (AvgIpc) is 2.67. The van der Waals surface area contributed by atoms with Crippen molar-refractivity contribution in [2.24, 2.45) is 11.8 Å². The number of piperidine rings is 2. The Hall–Kier alpha value is -2.04. The number of likely N-dealkylation sites (tertiary alicyclic amines) is 2. The lowest BCUT2D eigenvalue weighted by molar-refractivity contribution is -0.130. The topological polar surface area (TPSA) is 52.7 Å². The highest BCUT2D eigenvalue weighted by molar-refractivity contribution is 5.95. The zero-order chi connectivity index (χ0) is 18.5. The fraction of sp³-hybridized carbons (Fsp3) is 0.619. The normalized spacial score (nSPS) is 19.5. The van der Waals surface area contributed by atoms with E-state index in [0.717, 1.165) is 57.5 Å². The van der Waals surface area contributed by atoms with Gasteiger partial charge in [0.2, 0.25) is 5.91 Å². The number of hydrogen-bond acceptors (Lipinski definition) is 3. The van der Waals surface area contributed by atoms with E-state index in [4.69, 9.17) is 0 Å². The Morgan fingerprint density at radius 3 is 2.15 bits per heavy atom. The maximum absolute atomic E-state index is 12.7. The first kappa shape index (κ1) is 18.7. The molecule has 1 aromatic rings. The van der Waals surface area contributed by atoms with E-state index in [9.17, 15) is 9.59 Å². The number of amides is 2. The molecule has 0 saturated carbocycles. The lowest BCUT2D eigenvalue weighted by Crippen LogP contribution is -2.41. The van der Waals surface area contributed by atoms with Gasteiger partial charge in [0.05, 0.1) is 6.54 Å². The quantitative estimate of drug-likeness (QED) is 0.900. The van der Waals surface area contributed by atoms with Crippen LogP contribution >= 0.6 is 0 Å².